The average molecular weight is 355 g/mol. The fourth-order valence-electron chi connectivity index (χ4n) is 3.01. The summed E-state index contributed by atoms with van der Waals surface area (Å²) in [6, 6.07) is 10.3. The molecule has 0 bridgehead atoms. The number of hydrogen-bond donors (Lipinski definition) is 2. The van der Waals surface area contributed by atoms with Crippen LogP contribution >= 0.6 is 0 Å². The van der Waals surface area contributed by atoms with Gasteiger partial charge in [0.15, 0.2) is 0 Å². The van der Waals surface area contributed by atoms with Gasteiger partial charge in [0.25, 0.3) is 10.2 Å². The minimum atomic E-state index is -3.42. The zero-order chi connectivity index (χ0) is 17.6. The first-order valence-corrected chi connectivity index (χ1v) is 10.1. The van der Waals surface area contributed by atoms with E-state index in [4.69, 9.17) is 0 Å². The summed E-state index contributed by atoms with van der Waals surface area (Å²) in [4.78, 5) is 4.77. The summed E-state index contributed by atoms with van der Waals surface area (Å²) >= 11 is 0. The van der Waals surface area contributed by atoms with Gasteiger partial charge in [-0.2, -0.15) is 17.9 Å². The molecule has 2 rings (SSSR count). The highest BCUT2D eigenvalue weighted by Crippen LogP contribution is 2.08. The molecule has 7 heteroatoms. The lowest BCUT2D eigenvalue weighted by Crippen LogP contribution is -2.52. The van der Waals surface area contributed by atoms with E-state index in [-0.39, 0.29) is 12.1 Å². The molecule has 1 aromatic rings. The second kappa shape index (κ2) is 8.92. The molecule has 1 aliphatic heterocycles. The van der Waals surface area contributed by atoms with Crippen molar-refractivity contribution in [2.75, 3.05) is 32.7 Å². The van der Waals surface area contributed by atoms with E-state index in [0.717, 1.165) is 39.3 Å². The third kappa shape index (κ3) is 6.86. The topological polar surface area (TPSA) is 64.7 Å². The van der Waals surface area contributed by atoms with Crippen molar-refractivity contribution in [2.45, 2.75) is 39.4 Å². The van der Waals surface area contributed by atoms with Crippen molar-refractivity contribution in [3.05, 3.63) is 35.9 Å². The third-order valence-corrected chi connectivity index (χ3v) is 5.49. The molecule has 24 heavy (non-hydrogen) atoms. The van der Waals surface area contributed by atoms with E-state index in [0.29, 0.717) is 0 Å². The van der Waals surface area contributed by atoms with Gasteiger partial charge < -0.3 is 0 Å². The Labute approximate surface area is 146 Å². The summed E-state index contributed by atoms with van der Waals surface area (Å²) in [5, 5.41) is 0. The quantitative estimate of drug-likeness (QED) is 0.732. The summed E-state index contributed by atoms with van der Waals surface area (Å²) in [5.41, 5.74) is 1.34. The number of hydrogen-bond acceptors (Lipinski definition) is 4. The first-order valence-electron chi connectivity index (χ1n) is 8.62. The monoisotopic (exact) mass is 354 g/mol. The number of nitrogens with one attached hydrogen (secondary N) is 2. The SMILES string of the molecule is CC(C)NS(=O)(=O)NC(C)CN1CCN(Cc2ccccc2)CC1. The van der Waals surface area contributed by atoms with E-state index in [1.54, 1.807) is 0 Å². The molecule has 2 N–H and O–H groups in total. The van der Waals surface area contributed by atoms with Crippen molar-refractivity contribution in [1.29, 1.82) is 0 Å². The van der Waals surface area contributed by atoms with Gasteiger partial charge in [0.05, 0.1) is 0 Å². The molecule has 0 aliphatic carbocycles. The van der Waals surface area contributed by atoms with Crippen LogP contribution in [-0.4, -0.2) is 63.0 Å². The normalized spacial score (nSPS) is 18.8. The van der Waals surface area contributed by atoms with Crippen molar-refractivity contribution in [3.8, 4) is 0 Å². The first kappa shape index (κ1) is 19.3. The zero-order valence-electron chi connectivity index (χ0n) is 14.9. The molecule has 1 atom stereocenters. The highest BCUT2D eigenvalue weighted by molar-refractivity contribution is 7.87. The Morgan fingerprint density at radius 1 is 0.958 bits per heavy atom. The predicted octanol–water partition coefficient (Wildman–Crippen LogP) is 1.03. The molecule has 1 fully saturated rings. The molecule has 136 valence electrons. The number of piperazine rings is 1. The molecule has 1 aromatic carbocycles. The van der Waals surface area contributed by atoms with Crippen molar-refractivity contribution in [2.24, 2.45) is 0 Å². The lowest BCUT2D eigenvalue weighted by atomic mass is 10.2. The highest BCUT2D eigenvalue weighted by Gasteiger charge is 2.21. The van der Waals surface area contributed by atoms with Gasteiger partial charge in [0.1, 0.15) is 0 Å². The van der Waals surface area contributed by atoms with E-state index >= 15 is 0 Å². The maximum atomic E-state index is 11.9. The maximum absolute atomic E-state index is 11.9. The molecular formula is C17H30N4O2S. The van der Waals surface area contributed by atoms with Gasteiger partial charge in [-0.15, -0.1) is 0 Å². The van der Waals surface area contributed by atoms with Crippen LogP contribution in [0, 0.1) is 0 Å². The van der Waals surface area contributed by atoms with Gasteiger partial charge in [-0.25, -0.2) is 0 Å². The van der Waals surface area contributed by atoms with Crippen LogP contribution in [0.2, 0.25) is 0 Å². The minimum absolute atomic E-state index is 0.101. The first-order chi connectivity index (χ1) is 11.3. The number of rotatable bonds is 8. The van der Waals surface area contributed by atoms with Crippen LogP contribution in [0.25, 0.3) is 0 Å². The van der Waals surface area contributed by atoms with E-state index in [1.165, 1.54) is 5.56 Å². The molecule has 0 radical (unpaired) electrons. The molecule has 0 aromatic heterocycles. The Morgan fingerprint density at radius 3 is 2.12 bits per heavy atom. The molecule has 1 saturated heterocycles. The summed E-state index contributed by atoms with van der Waals surface area (Å²) in [6.45, 7) is 11.2. The van der Waals surface area contributed by atoms with E-state index in [9.17, 15) is 8.42 Å². The Morgan fingerprint density at radius 2 is 1.54 bits per heavy atom. The standard InChI is InChI=1S/C17H30N4O2S/c1-15(2)18-24(22,23)19-16(3)13-20-9-11-21(12-10-20)14-17-7-5-4-6-8-17/h4-8,15-16,18-19H,9-14H2,1-3H3. The fraction of sp³-hybridized carbons (Fsp3) is 0.647. The van der Waals surface area contributed by atoms with Crippen molar-refractivity contribution in [3.63, 3.8) is 0 Å². The lowest BCUT2D eigenvalue weighted by Gasteiger charge is -2.36. The van der Waals surface area contributed by atoms with Crippen LogP contribution in [0.4, 0.5) is 0 Å². The third-order valence-electron chi connectivity index (χ3n) is 3.99. The molecule has 1 aliphatic rings. The summed E-state index contributed by atoms with van der Waals surface area (Å²) in [7, 11) is -3.42. The van der Waals surface area contributed by atoms with E-state index in [1.807, 2.05) is 26.8 Å². The molecule has 1 unspecified atom stereocenters. The fourth-order valence-corrected chi connectivity index (χ4v) is 4.30. The lowest BCUT2D eigenvalue weighted by molar-refractivity contribution is 0.122. The van der Waals surface area contributed by atoms with Crippen molar-refractivity contribution < 1.29 is 8.42 Å². The Hall–Kier alpha value is -0.990. The Kier molecular flexibility index (Phi) is 7.18. The van der Waals surface area contributed by atoms with Gasteiger partial charge in [0.2, 0.25) is 0 Å². The van der Waals surface area contributed by atoms with Crippen LogP contribution in [0.3, 0.4) is 0 Å². The maximum Gasteiger partial charge on any atom is 0.277 e. The second-order valence-corrected chi connectivity index (χ2v) is 8.34. The molecule has 0 spiro atoms. The van der Waals surface area contributed by atoms with Crippen LogP contribution in [-0.2, 0) is 16.8 Å². The summed E-state index contributed by atoms with van der Waals surface area (Å²) in [6.07, 6.45) is 0. The molecular weight excluding hydrogens is 324 g/mol. The predicted molar refractivity (Wildman–Crippen MR) is 97.9 cm³/mol. The van der Waals surface area contributed by atoms with Crippen molar-refractivity contribution in [1.82, 2.24) is 19.2 Å². The van der Waals surface area contributed by atoms with Crippen LogP contribution < -0.4 is 9.44 Å². The molecule has 0 amide bonds. The van der Waals surface area contributed by atoms with Crippen LogP contribution in [0.5, 0.6) is 0 Å². The van der Waals surface area contributed by atoms with Crippen LogP contribution in [0.15, 0.2) is 30.3 Å². The highest BCUT2D eigenvalue weighted by atomic mass is 32.2. The summed E-state index contributed by atoms with van der Waals surface area (Å²) < 4.78 is 29.0. The largest absolute Gasteiger partial charge is 0.299 e. The van der Waals surface area contributed by atoms with Crippen LogP contribution in [0.1, 0.15) is 26.3 Å². The van der Waals surface area contributed by atoms with Gasteiger partial charge in [-0.05, 0) is 26.3 Å². The molecule has 1 heterocycles. The second-order valence-electron chi connectivity index (χ2n) is 6.86. The van der Waals surface area contributed by atoms with Gasteiger partial charge >= 0.3 is 0 Å². The van der Waals surface area contributed by atoms with Gasteiger partial charge in [-0.3, -0.25) is 9.80 Å². The smallest absolute Gasteiger partial charge is 0.277 e. The summed E-state index contributed by atoms with van der Waals surface area (Å²) in [5.74, 6) is 0. The Bertz CT molecular complexity index is 584. The van der Waals surface area contributed by atoms with Crippen molar-refractivity contribution >= 4 is 10.2 Å². The zero-order valence-corrected chi connectivity index (χ0v) is 15.7. The van der Waals surface area contributed by atoms with E-state index < -0.39 is 10.2 Å². The molecule has 6 nitrogen and oxygen atoms in total. The minimum Gasteiger partial charge on any atom is -0.299 e. The van der Waals surface area contributed by atoms with Gasteiger partial charge in [-0.1, -0.05) is 30.3 Å². The Balaban J connectivity index is 1.72. The molecule has 0 saturated carbocycles. The number of nitrogens with zero attached hydrogens (tertiary/aromatic N) is 2. The van der Waals surface area contributed by atoms with E-state index in [2.05, 4.69) is 43.5 Å². The van der Waals surface area contributed by atoms with Gasteiger partial charge in [0, 0.05) is 51.4 Å². The average Bonchev–Trinajstić information content (AvgIpc) is 2.48. The number of benzene rings is 1.